The van der Waals surface area contributed by atoms with Crippen molar-refractivity contribution in [1.29, 1.82) is 0 Å². The van der Waals surface area contributed by atoms with Crippen LogP contribution in [0.3, 0.4) is 0 Å². The molecule has 0 aromatic rings. The minimum Gasteiger partial charge on any atom is -0.0622 e. The molecule has 0 N–H and O–H groups in total. The van der Waals surface area contributed by atoms with Crippen molar-refractivity contribution in [3.05, 3.63) is 0 Å². The maximum absolute atomic E-state index is 2.64. The molecule has 2 rings (SSSR count). The van der Waals surface area contributed by atoms with Crippen molar-refractivity contribution in [1.82, 2.24) is 0 Å². The van der Waals surface area contributed by atoms with Crippen LogP contribution in [0, 0.1) is 40.4 Å². The summed E-state index contributed by atoms with van der Waals surface area (Å²) in [7, 11) is 0. The van der Waals surface area contributed by atoms with Gasteiger partial charge in [-0.25, -0.2) is 0 Å². The predicted octanol–water partition coefficient (Wildman–Crippen LogP) is 6.16. The van der Waals surface area contributed by atoms with E-state index in [1.54, 1.807) is 0 Å². The molecule has 0 heterocycles. The van der Waals surface area contributed by atoms with Crippen LogP contribution in [-0.2, 0) is 0 Å². The monoisotopic (exact) mass is 264 g/mol. The predicted molar refractivity (Wildman–Crippen MR) is 85.1 cm³/mol. The van der Waals surface area contributed by atoms with Gasteiger partial charge in [0.15, 0.2) is 0 Å². The second kappa shape index (κ2) is 5.08. The van der Waals surface area contributed by atoms with E-state index in [4.69, 9.17) is 0 Å². The molecular formula is C19H36. The lowest BCUT2D eigenvalue weighted by Crippen LogP contribution is -2.41. The van der Waals surface area contributed by atoms with Crippen molar-refractivity contribution < 1.29 is 0 Å². The van der Waals surface area contributed by atoms with E-state index in [2.05, 4.69) is 48.5 Å². The van der Waals surface area contributed by atoms with Crippen LogP contribution in [0.1, 0.15) is 80.6 Å². The summed E-state index contributed by atoms with van der Waals surface area (Å²) in [6, 6.07) is 0. The van der Waals surface area contributed by atoms with Crippen LogP contribution in [0.4, 0.5) is 0 Å². The molecule has 6 unspecified atom stereocenters. The summed E-state index contributed by atoms with van der Waals surface area (Å²) < 4.78 is 0. The SMILES string of the molecule is CC1CCCC2(C)C1CCC2C(C)C(C)C(C)(C)C. The van der Waals surface area contributed by atoms with Crippen LogP contribution in [0.5, 0.6) is 0 Å². The molecule has 0 aromatic heterocycles. The van der Waals surface area contributed by atoms with Gasteiger partial charge in [-0.2, -0.15) is 0 Å². The van der Waals surface area contributed by atoms with E-state index in [0.717, 1.165) is 29.6 Å². The van der Waals surface area contributed by atoms with Gasteiger partial charge < -0.3 is 0 Å². The third-order valence-electron chi connectivity index (χ3n) is 7.33. The Morgan fingerprint density at radius 1 is 1.05 bits per heavy atom. The molecule has 0 aliphatic heterocycles. The third-order valence-corrected chi connectivity index (χ3v) is 7.33. The fourth-order valence-corrected chi connectivity index (χ4v) is 5.61. The second-order valence-electron chi connectivity index (χ2n) is 9.18. The van der Waals surface area contributed by atoms with Crippen LogP contribution >= 0.6 is 0 Å². The molecule has 0 spiro atoms. The summed E-state index contributed by atoms with van der Waals surface area (Å²) in [5.74, 6) is 4.65. The van der Waals surface area contributed by atoms with Crippen molar-refractivity contribution in [2.45, 2.75) is 80.6 Å². The lowest BCUT2D eigenvalue weighted by atomic mass is 9.57. The second-order valence-corrected chi connectivity index (χ2v) is 9.18. The van der Waals surface area contributed by atoms with Crippen molar-refractivity contribution in [3.8, 4) is 0 Å². The van der Waals surface area contributed by atoms with Gasteiger partial charge >= 0.3 is 0 Å². The number of rotatable bonds is 2. The quantitative estimate of drug-likeness (QED) is 0.560. The fourth-order valence-electron chi connectivity index (χ4n) is 5.61. The van der Waals surface area contributed by atoms with E-state index < -0.39 is 0 Å². The van der Waals surface area contributed by atoms with E-state index in [1.165, 1.54) is 32.1 Å². The van der Waals surface area contributed by atoms with Gasteiger partial charge in [0.2, 0.25) is 0 Å². The Kier molecular flexibility index (Phi) is 4.11. The Balaban J connectivity index is 2.17. The first-order valence-electron chi connectivity index (χ1n) is 8.68. The van der Waals surface area contributed by atoms with Gasteiger partial charge in [0.25, 0.3) is 0 Å². The zero-order chi connectivity index (χ0) is 14.4. The van der Waals surface area contributed by atoms with Crippen LogP contribution in [0.15, 0.2) is 0 Å². The minimum absolute atomic E-state index is 0.453. The molecule has 0 saturated heterocycles. The van der Waals surface area contributed by atoms with E-state index in [1.807, 2.05) is 0 Å². The van der Waals surface area contributed by atoms with Gasteiger partial charge in [0, 0.05) is 0 Å². The highest BCUT2D eigenvalue weighted by molar-refractivity contribution is 5.01. The summed E-state index contributed by atoms with van der Waals surface area (Å²) in [6.07, 6.45) is 7.45. The molecule has 0 aromatic carbocycles. The summed E-state index contributed by atoms with van der Waals surface area (Å²) in [5.41, 5.74) is 1.10. The highest BCUT2D eigenvalue weighted by Crippen LogP contribution is 2.60. The Hall–Kier alpha value is 0. The van der Waals surface area contributed by atoms with Gasteiger partial charge in [-0.15, -0.1) is 0 Å². The van der Waals surface area contributed by atoms with Gasteiger partial charge in [0.1, 0.15) is 0 Å². The summed E-state index contributed by atoms with van der Waals surface area (Å²) in [4.78, 5) is 0. The summed E-state index contributed by atoms with van der Waals surface area (Å²) in [6.45, 7) is 17.5. The summed E-state index contributed by atoms with van der Waals surface area (Å²) >= 11 is 0. The maximum Gasteiger partial charge on any atom is -0.0264 e. The van der Waals surface area contributed by atoms with E-state index in [0.29, 0.717) is 10.8 Å². The van der Waals surface area contributed by atoms with Crippen molar-refractivity contribution in [2.24, 2.45) is 40.4 Å². The molecule has 0 radical (unpaired) electrons. The Morgan fingerprint density at radius 2 is 1.68 bits per heavy atom. The van der Waals surface area contributed by atoms with Gasteiger partial charge in [-0.05, 0) is 59.7 Å². The first-order valence-corrected chi connectivity index (χ1v) is 8.68. The molecule has 0 amide bonds. The van der Waals surface area contributed by atoms with Crippen molar-refractivity contribution in [2.75, 3.05) is 0 Å². The zero-order valence-electron chi connectivity index (χ0n) is 14.4. The molecule has 6 atom stereocenters. The standard InChI is InChI=1S/C19H36/c1-13-9-8-12-19(7)16(13)10-11-17(19)14(2)15(3)18(4,5)6/h13-17H,8-12H2,1-7H3. The van der Waals surface area contributed by atoms with E-state index in [9.17, 15) is 0 Å². The molecule has 0 nitrogen and oxygen atoms in total. The smallest absolute Gasteiger partial charge is 0.0264 e. The minimum atomic E-state index is 0.453. The summed E-state index contributed by atoms with van der Waals surface area (Å²) in [5, 5.41) is 0. The molecule has 2 aliphatic rings. The molecule has 112 valence electrons. The van der Waals surface area contributed by atoms with Crippen LogP contribution in [-0.4, -0.2) is 0 Å². The van der Waals surface area contributed by atoms with Gasteiger partial charge in [-0.1, -0.05) is 61.3 Å². The Labute approximate surface area is 121 Å². The number of fused-ring (bicyclic) bond motifs is 1. The highest BCUT2D eigenvalue weighted by atomic mass is 14.6. The first kappa shape index (κ1) is 15.4. The molecule has 0 bridgehead atoms. The fraction of sp³-hybridized carbons (Fsp3) is 1.00. The van der Waals surface area contributed by atoms with E-state index >= 15 is 0 Å². The number of hydrogen-bond acceptors (Lipinski definition) is 0. The van der Waals surface area contributed by atoms with Gasteiger partial charge in [-0.3, -0.25) is 0 Å². The third kappa shape index (κ3) is 2.61. The lowest BCUT2D eigenvalue weighted by Gasteiger charge is -2.48. The van der Waals surface area contributed by atoms with Crippen LogP contribution in [0.2, 0.25) is 0 Å². The molecule has 2 aliphatic carbocycles. The maximum atomic E-state index is 2.64. The molecule has 2 fully saturated rings. The first-order chi connectivity index (χ1) is 8.68. The van der Waals surface area contributed by atoms with Crippen LogP contribution in [0.25, 0.3) is 0 Å². The Morgan fingerprint density at radius 3 is 2.26 bits per heavy atom. The average molecular weight is 264 g/mol. The van der Waals surface area contributed by atoms with Gasteiger partial charge in [0.05, 0.1) is 0 Å². The average Bonchev–Trinajstić information content (AvgIpc) is 2.64. The molecule has 0 heteroatoms. The normalized spacial score (nSPS) is 42.8. The van der Waals surface area contributed by atoms with Crippen molar-refractivity contribution >= 4 is 0 Å². The molecule has 2 saturated carbocycles. The molecule has 19 heavy (non-hydrogen) atoms. The topological polar surface area (TPSA) is 0 Å². The largest absolute Gasteiger partial charge is 0.0622 e. The number of hydrogen-bond donors (Lipinski definition) is 0. The molecular weight excluding hydrogens is 228 g/mol. The van der Waals surface area contributed by atoms with Crippen molar-refractivity contribution in [3.63, 3.8) is 0 Å². The zero-order valence-corrected chi connectivity index (χ0v) is 14.4. The Bertz CT molecular complexity index is 310. The highest BCUT2D eigenvalue weighted by Gasteiger charge is 2.52. The lowest BCUT2D eigenvalue weighted by molar-refractivity contribution is 0.00823. The van der Waals surface area contributed by atoms with Crippen LogP contribution < -0.4 is 0 Å². The van der Waals surface area contributed by atoms with E-state index in [-0.39, 0.29) is 0 Å².